The van der Waals surface area contributed by atoms with E-state index < -0.39 is 12.2 Å². The minimum Gasteiger partial charge on any atom is -0.387 e. The van der Waals surface area contributed by atoms with Crippen LogP contribution < -0.4 is 4.90 Å². The number of carbonyl (C=O) groups excluding carboxylic acids is 1. The van der Waals surface area contributed by atoms with Gasteiger partial charge in [0, 0.05) is 19.3 Å². The number of hydrogen-bond acceptors (Lipinski definition) is 6. The number of aliphatic hydroxyl groups excluding tert-OH is 1. The molecule has 22 heavy (non-hydrogen) atoms. The molecule has 2 aliphatic rings. The van der Waals surface area contributed by atoms with Crippen LogP contribution in [0.15, 0.2) is 24.5 Å². The predicted molar refractivity (Wildman–Crippen MR) is 79.6 cm³/mol. The van der Waals surface area contributed by atoms with Gasteiger partial charge in [0.1, 0.15) is 12.2 Å². The quantitative estimate of drug-likeness (QED) is 0.794. The Morgan fingerprint density at radius 1 is 1.36 bits per heavy atom. The predicted octanol–water partition coefficient (Wildman–Crippen LogP) is -0.492. The third kappa shape index (κ3) is 3.21. The number of amides is 1. The average molecular weight is 307 g/mol. The van der Waals surface area contributed by atoms with Gasteiger partial charge in [-0.25, -0.2) is 0 Å². The maximum Gasteiger partial charge on any atom is 0.248 e. The van der Waals surface area contributed by atoms with Gasteiger partial charge in [0.25, 0.3) is 0 Å². The van der Waals surface area contributed by atoms with Crippen LogP contribution in [-0.2, 0) is 14.3 Å². The first-order valence-electron chi connectivity index (χ1n) is 7.48. The molecule has 0 radical (unpaired) electrons. The van der Waals surface area contributed by atoms with Crippen molar-refractivity contribution in [3.63, 3.8) is 0 Å². The molecule has 120 valence electrons. The van der Waals surface area contributed by atoms with Gasteiger partial charge in [0.15, 0.2) is 0 Å². The first-order chi connectivity index (χ1) is 10.7. The van der Waals surface area contributed by atoms with E-state index in [2.05, 4.69) is 9.88 Å². The number of nitrogens with zero attached hydrogens (tertiary/aromatic N) is 3. The molecule has 2 fully saturated rings. The molecule has 7 heteroatoms. The number of rotatable bonds is 2. The Bertz CT molecular complexity index is 513. The third-order valence-corrected chi connectivity index (χ3v) is 4.10. The lowest BCUT2D eigenvalue weighted by Crippen LogP contribution is -2.60. The third-order valence-electron chi connectivity index (χ3n) is 4.10. The van der Waals surface area contributed by atoms with E-state index >= 15 is 0 Å². The second-order valence-corrected chi connectivity index (χ2v) is 5.69. The maximum absolute atomic E-state index is 11.8. The summed E-state index contributed by atoms with van der Waals surface area (Å²) >= 11 is 0. The van der Waals surface area contributed by atoms with Crippen LogP contribution in [0.5, 0.6) is 0 Å². The summed E-state index contributed by atoms with van der Waals surface area (Å²) in [6.07, 6.45) is 3.56. The van der Waals surface area contributed by atoms with Crippen LogP contribution in [-0.4, -0.2) is 79.1 Å². The van der Waals surface area contributed by atoms with Gasteiger partial charge in [0.05, 0.1) is 44.8 Å². The Morgan fingerprint density at radius 3 is 3.05 bits per heavy atom. The molecule has 1 unspecified atom stereocenters. The molecule has 0 aromatic carbocycles. The molecular formula is C15H21N3O4. The Labute approximate surface area is 129 Å². The number of anilines is 1. The monoisotopic (exact) mass is 307 g/mol. The van der Waals surface area contributed by atoms with Gasteiger partial charge in [-0.1, -0.05) is 0 Å². The summed E-state index contributed by atoms with van der Waals surface area (Å²) in [5.41, 5.74) is 0.455. The summed E-state index contributed by atoms with van der Waals surface area (Å²) in [4.78, 5) is 19.8. The van der Waals surface area contributed by atoms with E-state index in [-0.39, 0.29) is 5.91 Å². The zero-order chi connectivity index (χ0) is 15.4. The van der Waals surface area contributed by atoms with Crippen LogP contribution in [0.3, 0.4) is 0 Å². The smallest absolute Gasteiger partial charge is 0.248 e. The van der Waals surface area contributed by atoms with Gasteiger partial charge in [-0.05, 0) is 12.1 Å². The van der Waals surface area contributed by atoms with Crippen LogP contribution in [0.1, 0.15) is 0 Å². The molecule has 1 aromatic heterocycles. The number of aromatic nitrogens is 1. The molecule has 3 rings (SSSR count). The maximum atomic E-state index is 11.8. The minimum atomic E-state index is -0.560. The molecule has 0 aliphatic carbocycles. The first-order valence-corrected chi connectivity index (χ1v) is 7.48. The van der Waals surface area contributed by atoms with Gasteiger partial charge < -0.3 is 24.4 Å². The van der Waals surface area contributed by atoms with Crippen molar-refractivity contribution in [3.8, 4) is 0 Å². The van der Waals surface area contributed by atoms with Crippen molar-refractivity contribution in [1.82, 2.24) is 9.88 Å². The fourth-order valence-corrected chi connectivity index (χ4v) is 3.01. The van der Waals surface area contributed by atoms with E-state index in [9.17, 15) is 4.79 Å². The van der Waals surface area contributed by atoms with Crippen LogP contribution >= 0.6 is 0 Å². The fourth-order valence-electron chi connectivity index (χ4n) is 3.01. The first kappa shape index (κ1) is 15.2. The van der Waals surface area contributed by atoms with Gasteiger partial charge in [-0.15, -0.1) is 0 Å². The number of ether oxygens (including phenoxy) is 2. The van der Waals surface area contributed by atoms with Crippen molar-refractivity contribution in [2.24, 2.45) is 0 Å². The topological polar surface area (TPSA) is 75.1 Å². The van der Waals surface area contributed by atoms with Crippen molar-refractivity contribution in [2.45, 2.75) is 5.60 Å². The van der Waals surface area contributed by atoms with Crippen molar-refractivity contribution in [3.05, 3.63) is 24.5 Å². The molecule has 1 aromatic rings. The van der Waals surface area contributed by atoms with Crippen LogP contribution in [0, 0.1) is 0 Å². The van der Waals surface area contributed by atoms with Crippen molar-refractivity contribution < 1.29 is 19.4 Å². The number of pyridine rings is 1. The molecule has 2 aliphatic heterocycles. The van der Waals surface area contributed by atoms with E-state index in [1.165, 1.54) is 0 Å². The largest absolute Gasteiger partial charge is 0.387 e. The van der Waals surface area contributed by atoms with Crippen LogP contribution in [0.4, 0.5) is 5.69 Å². The summed E-state index contributed by atoms with van der Waals surface area (Å²) in [6, 6.07) is 3.91. The highest BCUT2D eigenvalue weighted by atomic mass is 16.5. The normalized spacial score (nSPS) is 26.0. The van der Waals surface area contributed by atoms with E-state index in [1.807, 2.05) is 18.3 Å². The van der Waals surface area contributed by atoms with E-state index in [0.29, 0.717) is 39.5 Å². The van der Waals surface area contributed by atoms with E-state index in [4.69, 9.17) is 14.6 Å². The molecule has 1 spiro atoms. The standard InChI is InChI=1S/C15H21N3O4/c19-9-14(20)18-5-7-22-15(11-18)10-17(4-6-21-12-15)13-2-1-3-16-8-13/h1-3,8,19H,4-7,9-12H2. The number of aliphatic hydroxyl groups is 1. The lowest BCUT2D eigenvalue weighted by Gasteiger charge is -2.43. The minimum absolute atomic E-state index is 0.264. The number of hydrogen-bond donors (Lipinski definition) is 1. The van der Waals surface area contributed by atoms with E-state index in [1.54, 1.807) is 11.1 Å². The Hall–Kier alpha value is -1.70. The highest BCUT2D eigenvalue weighted by Crippen LogP contribution is 2.25. The molecule has 1 amide bonds. The average Bonchev–Trinajstić information content (AvgIpc) is 2.77. The molecule has 0 bridgehead atoms. The zero-order valence-corrected chi connectivity index (χ0v) is 12.5. The van der Waals surface area contributed by atoms with Gasteiger partial charge >= 0.3 is 0 Å². The lowest BCUT2D eigenvalue weighted by atomic mass is 10.0. The molecular weight excluding hydrogens is 286 g/mol. The molecule has 1 atom stereocenters. The van der Waals surface area contributed by atoms with Crippen molar-refractivity contribution >= 4 is 11.6 Å². The Morgan fingerprint density at radius 2 is 2.27 bits per heavy atom. The van der Waals surface area contributed by atoms with Crippen molar-refractivity contribution in [2.75, 3.05) is 57.5 Å². The van der Waals surface area contributed by atoms with Crippen LogP contribution in [0.25, 0.3) is 0 Å². The van der Waals surface area contributed by atoms with E-state index in [0.717, 1.165) is 12.2 Å². The zero-order valence-electron chi connectivity index (χ0n) is 12.5. The summed E-state index contributed by atoms with van der Waals surface area (Å²) in [7, 11) is 0. The van der Waals surface area contributed by atoms with Crippen molar-refractivity contribution in [1.29, 1.82) is 0 Å². The summed E-state index contributed by atoms with van der Waals surface area (Å²) < 4.78 is 11.7. The summed E-state index contributed by atoms with van der Waals surface area (Å²) in [5, 5.41) is 9.08. The number of morpholine rings is 1. The highest BCUT2D eigenvalue weighted by Gasteiger charge is 2.41. The molecule has 1 N–H and O–H groups in total. The SMILES string of the molecule is O=C(CO)N1CCOC2(COCCN(c3cccnc3)C2)C1. The fraction of sp³-hybridized carbons (Fsp3) is 0.600. The second kappa shape index (κ2) is 6.60. The summed E-state index contributed by atoms with van der Waals surface area (Å²) in [6.45, 7) is 3.36. The highest BCUT2D eigenvalue weighted by molar-refractivity contribution is 5.77. The van der Waals surface area contributed by atoms with Gasteiger partial charge in [-0.3, -0.25) is 9.78 Å². The van der Waals surface area contributed by atoms with Gasteiger partial charge in [-0.2, -0.15) is 0 Å². The molecule has 3 heterocycles. The lowest BCUT2D eigenvalue weighted by molar-refractivity contribution is -0.159. The Kier molecular flexibility index (Phi) is 4.56. The van der Waals surface area contributed by atoms with Gasteiger partial charge in [0.2, 0.25) is 5.91 Å². The second-order valence-electron chi connectivity index (χ2n) is 5.69. The number of carbonyl (C=O) groups is 1. The van der Waals surface area contributed by atoms with Crippen LogP contribution in [0.2, 0.25) is 0 Å². The molecule has 0 saturated carbocycles. The summed E-state index contributed by atoms with van der Waals surface area (Å²) in [5.74, 6) is -0.264. The Balaban J connectivity index is 1.78. The molecule has 2 saturated heterocycles. The molecule has 7 nitrogen and oxygen atoms in total.